The highest BCUT2D eigenvalue weighted by atomic mass is 16.1. The normalized spacial score (nSPS) is 11.5. The largest absolute Gasteiger partial charge is 0.323 e. The Labute approximate surface area is 143 Å². The fourth-order valence-electron chi connectivity index (χ4n) is 2.24. The highest BCUT2D eigenvalue weighted by Crippen LogP contribution is 2.22. The lowest BCUT2D eigenvalue weighted by Gasteiger charge is -2.18. The second-order valence-electron chi connectivity index (χ2n) is 6.83. The molecule has 124 valence electrons. The van der Waals surface area contributed by atoms with Crippen LogP contribution in [0.3, 0.4) is 0 Å². The van der Waals surface area contributed by atoms with Crippen LogP contribution >= 0.6 is 0 Å². The maximum absolute atomic E-state index is 12.0. The van der Waals surface area contributed by atoms with Crippen LogP contribution in [0.5, 0.6) is 0 Å². The maximum Gasteiger partial charge on any atom is 0.248 e. The summed E-state index contributed by atoms with van der Waals surface area (Å²) in [6, 6.07) is 15.0. The van der Waals surface area contributed by atoms with Crippen molar-refractivity contribution in [3.63, 3.8) is 0 Å². The Morgan fingerprint density at radius 3 is 2.00 bits per heavy atom. The molecule has 24 heavy (non-hydrogen) atoms. The molecule has 3 heteroatoms. The lowest BCUT2D eigenvalue weighted by atomic mass is 9.87. The molecule has 2 aromatic carbocycles. The smallest absolute Gasteiger partial charge is 0.248 e. The second kappa shape index (κ2) is 7.26. The van der Waals surface area contributed by atoms with Crippen LogP contribution in [0.25, 0.3) is 6.08 Å². The molecule has 0 saturated carbocycles. The predicted octanol–water partition coefficient (Wildman–Crippen LogP) is 4.84. The number of Topliss-reactive ketones (excluding diaryl/α,β-unsaturated/α-hetero) is 1. The molecule has 0 bridgehead atoms. The van der Waals surface area contributed by atoms with E-state index in [0.717, 1.165) is 5.56 Å². The van der Waals surface area contributed by atoms with Gasteiger partial charge in [-0.05, 0) is 53.8 Å². The molecule has 0 unspecified atom stereocenters. The molecule has 0 heterocycles. The van der Waals surface area contributed by atoms with Gasteiger partial charge in [-0.25, -0.2) is 0 Å². The Balaban J connectivity index is 1.98. The first kappa shape index (κ1) is 17.7. The Hall–Kier alpha value is -2.68. The molecule has 2 rings (SSSR count). The molecule has 0 radical (unpaired) electrons. The van der Waals surface area contributed by atoms with Gasteiger partial charge in [0.2, 0.25) is 5.91 Å². The van der Waals surface area contributed by atoms with Gasteiger partial charge < -0.3 is 5.32 Å². The summed E-state index contributed by atoms with van der Waals surface area (Å²) in [4.78, 5) is 23.2. The minimum Gasteiger partial charge on any atom is -0.323 e. The molecule has 0 atom stereocenters. The van der Waals surface area contributed by atoms with Crippen molar-refractivity contribution in [2.75, 3.05) is 5.32 Å². The van der Waals surface area contributed by atoms with Gasteiger partial charge in [0.05, 0.1) is 0 Å². The first-order chi connectivity index (χ1) is 11.3. The maximum atomic E-state index is 12.0. The van der Waals surface area contributed by atoms with E-state index in [4.69, 9.17) is 0 Å². The molecule has 0 aromatic heterocycles. The van der Waals surface area contributed by atoms with Crippen LogP contribution in [0.2, 0.25) is 0 Å². The lowest BCUT2D eigenvalue weighted by Crippen LogP contribution is -2.10. The molecule has 0 saturated heterocycles. The van der Waals surface area contributed by atoms with E-state index in [1.165, 1.54) is 18.6 Å². The van der Waals surface area contributed by atoms with E-state index in [1.807, 2.05) is 12.1 Å². The Kier molecular flexibility index (Phi) is 5.35. The van der Waals surface area contributed by atoms with Gasteiger partial charge in [0.25, 0.3) is 0 Å². The van der Waals surface area contributed by atoms with Crippen LogP contribution < -0.4 is 5.32 Å². The van der Waals surface area contributed by atoms with E-state index < -0.39 is 0 Å². The lowest BCUT2D eigenvalue weighted by molar-refractivity contribution is -0.111. The molecule has 0 aliphatic carbocycles. The number of hydrogen-bond acceptors (Lipinski definition) is 2. The molecule has 0 fully saturated rings. The standard InChI is InChI=1S/C21H23NO2/c1-15(23)17-8-12-19(13-9-17)22-20(24)14-7-16-5-10-18(11-6-16)21(2,3)4/h5-14H,1-4H3,(H,22,24)/b14-7+. The van der Waals surface area contributed by atoms with Crippen LogP contribution in [0, 0.1) is 0 Å². The Bertz CT molecular complexity index is 748. The molecule has 1 amide bonds. The molecule has 0 aliphatic rings. The molecule has 0 spiro atoms. The van der Waals surface area contributed by atoms with Crippen molar-refractivity contribution >= 4 is 23.5 Å². The van der Waals surface area contributed by atoms with Gasteiger partial charge in [0, 0.05) is 17.3 Å². The number of carbonyl (C=O) groups is 2. The average Bonchev–Trinajstić information content (AvgIpc) is 2.53. The summed E-state index contributed by atoms with van der Waals surface area (Å²) in [6.07, 6.45) is 3.29. The van der Waals surface area contributed by atoms with Crippen molar-refractivity contribution in [1.82, 2.24) is 0 Å². The summed E-state index contributed by atoms with van der Waals surface area (Å²) in [5.41, 5.74) is 3.64. The van der Waals surface area contributed by atoms with Gasteiger partial charge in [-0.2, -0.15) is 0 Å². The van der Waals surface area contributed by atoms with Crippen molar-refractivity contribution in [3.8, 4) is 0 Å². The zero-order valence-electron chi connectivity index (χ0n) is 14.6. The van der Waals surface area contributed by atoms with E-state index in [-0.39, 0.29) is 17.1 Å². The van der Waals surface area contributed by atoms with Crippen molar-refractivity contribution in [1.29, 1.82) is 0 Å². The summed E-state index contributed by atoms with van der Waals surface area (Å²) in [5, 5.41) is 2.78. The van der Waals surface area contributed by atoms with Crippen molar-refractivity contribution in [2.24, 2.45) is 0 Å². The van der Waals surface area contributed by atoms with Gasteiger partial charge in [0.15, 0.2) is 5.78 Å². The molecule has 0 aliphatic heterocycles. The van der Waals surface area contributed by atoms with E-state index >= 15 is 0 Å². The molecular formula is C21H23NO2. The topological polar surface area (TPSA) is 46.2 Å². The van der Waals surface area contributed by atoms with Crippen LogP contribution in [0.15, 0.2) is 54.6 Å². The summed E-state index contributed by atoms with van der Waals surface area (Å²) in [7, 11) is 0. The fourth-order valence-corrected chi connectivity index (χ4v) is 2.24. The Morgan fingerprint density at radius 2 is 1.50 bits per heavy atom. The number of nitrogens with one attached hydrogen (secondary N) is 1. The first-order valence-corrected chi connectivity index (χ1v) is 7.96. The molecule has 2 aromatic rings. The summed E-state index contributed by atoms with van der Waals surface area (Å²) < 4.78 is 0. The van der Waals surface area contributed by atoms with Crippen LogP contribution in [-0.4, -0.2) is 11.7 Å². The van der Waals surface area contributed by atoms with Crippen LogP contribution in [0.1, 0.15) is 49.2 Å². The summed E-state index contributed by atoms with van der Waals surface area (Å²) in [6.45, 7) is 8.02. The van der Waals surface area contributed by atoms with E-state index in [0.29, 0.717) is 11.3 Å². The van der Waals surface area contributed by atoms with E-state index in [9.17, 15) is 9.59 Å². The molecule has 3 nitrogen and oxygen atoms in total. The SMILES string of the molecule is CC(=O)c1ccc(NC(=O)/C=C/c2ccc(C(C)(C)C)cc2)cc1. The van der Waals surface area contributed by atoms with Gasteiger partial charge in [0.1, 0.15) is 0 Å². The van der Waals surface area contributed by atoms with Crippen molar-refractivity contribution < 1.29 is 9.59 Å². The molecule has 1 N–H and O–H groups in total. The van der Waals surface area contributed by atoms with E-state index in [2.05, 4.69) is 38.2 Å². The minimum atomic E-state index is -0.203. The number of benzene rings is 2. The average molecular weight is 321 g/mol. The van der Waals surface area contributed by atoms with Crippen LogP contribution in [0.4, 0.5) is 5.69 Å². The number of carbonyl (C=O) groups excluding carboxylic acids is 2. The van der Waals surface area contributed by atoms with Gasteiger partial charge in [-0.3, -0.25) is 9.59 Å². The zero-order chi connectivity index (χ0) is 17.7. The zero-order valence-corrected chi connectivity index (χ0v) is 14.6. The predicted molar refractivity (Wildman–Crippen MR) is 99.3 cm³/mol. The summed E-state index contributed by atoms with van der Waals surface area (Å²) >= 11 is 0. The fraction of sp³-hybridized carbons (Fsp3) is 0.238. The quantitative estimate of drug-likeness (QED) is 0.647. The number of amides is 1. The van der Waals surface area contributed by atoms with Gasteiger partial charge in [-0.1, -0.05) is 45.0 Å². The number of rotatable bonds is 4. The third-order valence-corrected chi connectivity index (χ3v) is 3.76. The Morgan fingerprint density at radius 1 is 0.917 bits per heavy atom. The van der Waals surface area contributed by atoms with Crippen LogP contribution in [-0.2, 0) is 10.2 Å². The van der Waals surface area contributed by atoms with Crippen molar-refractivity contribution in [2.45, 2.75) is 33.1 Å². The minimum absolute atomic E-state index is 0.00600. The van der Waals surface area contributed by atoms with E-state index in [1.54, 1.807) is 30.3 Å². The van der Waals surface area contributed by atoms with Crippen molar-refractivity contribution in [3.05, 3.63) is 71.3 Å². The highest BCUT2D eigenvalue weighted by molar-refractivity contribution is 6.02. The highest BCUT2D eigenvalue weighted by Gasteiger charge is 2.12. The molecular weight excluding hydrogens is 298 g/mol. The monoisotopic (exact) mass is 321 g/mol. The third-order valence-electron chi connectivity index (χ3n) is 3.76. The number of ketones is 1. The number of hydrogen-bond donors (Lipinski definition) is 1. The number of anilines is 1. The third kappa shape index (κ3) is 4.92. The van der Waals surface area contributed by atoms with Gasteiger partial charge >= 0.3 is 0 Å². The van der Waals surface area contributed by atoms with Gasteiger partial charge in [-0.15, -0.1) is 0 Å². The summed E-state index contributed by atoms with van der Waals surface area (Å²) in [5.74, 6) is -0.197. The first-order valence-electron chi connectivity index (χ1n) is 7.96. The second-order valence-corrected chi connectivity index (χ2v) is 6.83.